The Morgan fingerprint density at radius 1 is 1.00 bits per heavy atom. The minimum absolute atomic E-state index is 0.149. The van der Waals surface area contributed by atoms with E-state index in [1.54, 1.807) is 30.0 Å². The van der Waals surface area contributed by atoms with Gasteiger partial charge in [0.25, 0.3) is 5.91 Å². The number of rotatable bonds is 4. The van der Waals surface area contributed by atoms with Crippen LogP contribution in [0.2, 0.25) is 5.02 Å². The van der Waals surface area contributed by atoms with Gasteiger partial charge in [-0.15, -0.1) is 0 Å². The largest absolute Gasteiger partial charge is 0.351 e. The van der Waals surface area contributed by atoms with Crippen molar-refractivity contribution in [2.24, 2.45) is 0 Å². The number of carbonyl (C=O) groups is 2. The Bertz CT molecular complexity index is 1260. The van der Waals surface area contributed by atoms with Crippen molar-refractivity contribution in [2.45, 2.75) is 19.0 Å². The average Bonchev–Trinajstić information content (AvgIpc) is 2.78. The maximum atomic E-state index is 13.9. The van der Waals surface area contributed by atoms with Crippen molar-refractivity contribution in [3.8, 4) is 0 Å². The normalized spacial score (nSPS) is 17.4. The van der Waals surface area contributed by atoms with Crippen molar-refractivity contribution >= 4 is 35.1 Å². The van der Waals surface area contributed by atoms with Gasteiger partial charge in [0.05, 0.1) is 24.3 Å². The second-order valence-corrected chi connectivity index (χ2v) is 8.95. The molecule has 0 saturated carbocycles. The number of aryl methyl sites for hydroxylation is 1. The molecule has 10 heteroatoms. The fraction of sp³-hybridized carbons (Fsp3) is 0.250. The third kappa shape index (κ3) is 3.75. The zero-order valence-corrected chi connectivity index (χ0v) is 19.0. The lowest BCUT2D eigenvalue weighted by atomic mass is 9.83. The summed E-state index contributed by atoms with van der Waals surface area (Å²) >= 11 is 6.03. The summed E-state index contributed by atoms with van der Waals surface area (Å²) in [5.41, 5.74) is 0.203. The van der Waals surface area contributed by atoms with Crippen molar-refractivity contribution in [1.29, 1.82) is 0 Å². The first-order valence-electron chi connectivity index (χ1n) is 10.6. The predicted octanol–water partition coefficient (Wildman–Crippen LogP) is 3.35. The summed E-state index contributed by atoms with van der Waals surface area (Å²) in [5.74, 6) is -0.491. The number of carbonyl (C=O) groups excluding carboxylic acids is 2. The van der Waals surface area contributed by atoms with E-state index in [0.29, 0.717) is 27.8 Å². The summed E-state index contributed by atoms with van der Waals surface area (Å²) in [7, 11) is 0. The maximum absolute atomic E-state index is 13.9. The van der Waals surface area contributed by atoms with Gasteiger partial charge in [-0.3, -0.25) is 14.5 Å². The molecule has 2 aliphatic rings. The third-order valence-electron chi connectivity index (χ3n) is 6.22. The number of nitrogens with zero attached hydrogens (tertiary/aromatic N) is 5. The van der Waals surface area contributed by atoms with Gasteiger partial charge in [-0.25, -0.2) is 18.7 Å². The van der Waals surface area contributed by atoms with Crippen molar-refractivity contribution < 1.29 is 18.4 Å². The molecular formula is C24H20ClF2N5O2. The Kier molecular flexibility index (Phi) is 5.44. The van der Waals surface area contributed by atoms with E-state index in [-0.39, 0.29) is 43.8 Å². The Hall–Kier alpha value is -3.59. The molecule has 0 aliphatic carbocycles. The lowest BCUT2D eigenvalue weighted by Gasteiger charge is -2.58. The van der Waals surface area contributed by atoms with Crippen LogP contribution in [0.15, 0.2) is 54.9 Å². The zero-order valence-electron chi connectivity index (χ0n) is 18.2. The van der Waals surface area contributed by atoms with Gasteiger partial charge in [0.1, 0.15) is 29.8 Å². The van der Waals surface area contributed by atoms with Gasteiger partial charge >= 0.3 is 0 Å². The van der Waals surface area contributed by atoms with E-state index in [9.17, 15) is 18.4 Å². The standard InChI is InChI=1S/C24H20ClF2N5O2/c1-15-8-17(25)9-29-22(15)31-12-21(33)32(11-16-2-4-18(26)5-3-16)24(23(31)34)13-30(14-24)20-7-6-19(27)10-28-20/h2-10H,11-14H2,1H3. The number of piperazine rings is 1. The average molecular weight is 484 g/mol. The summed E-state index contributed by atoms with van der Waals surface area (Å²) < 4.78 is 26.7. The number of aromatic nitrogens is 2. The fourth-order valence-electron chi connectivity index (χ4n) is 4.50. The third-order valence-corrected chi connectivity index (χ3v) is 6.43. The van der Waals surface area contributed by atoms with Gasteiger partial charge in [-0.05, 0) is 48.4 Å². The summed E-state index contributed by atoms with van der Waals surface area (Å²) in [6, 6.07) is 10.3. The molecule has 2 fully saturated rings. The van der Waals surface area contributed by atoms with Crippen LogP contribution in [0.3, 0.4) is 0 Å². The molecule has 0 bridgehead atoms. The number of amides is 2. The SMILES string of the molecule is Cc1cc(Cl)cnc1N1CC(=O)N(Cc2ccc(F)cc2)C2(CN(c3ccc(F)cn3)C2)C1=O. The first-order chi connectivity index (χ1) is 16.3. The Labute approximate surface area is 199 Å². The molecule has 0 unspecified atom stereocenters. The van der Waals surface area contributed by atoms with Gasteiger partial charge < -0.3 is 9.80 Å². The molecule has 0 atom stereocenters. The highest BCUT2D eigenvalue weighted by molar-refractivity contribution is 6.30. The van der Waals surface area contributed by atoms with Crippen LogP contribution in [0.1, 0.15) is 11.1 Å². The summed E-state index contributed by atoms with van der Waals surface area (Å²) in [5, 5.41) is 0.432. The Morgan fingerprint density at radius 3 is 2.35 bits per heavy atom. The Balaban J connectivity index is 1.50. The zero-order chi connectivity index (χ0) is 24.0. The van der Waals surface area contributed by atoms with Crippen LogP contribution in [0.5, 0.6) is 0 Å². The molecule has 1 aromatic carbocycles. The molecule has 0 N–H and O–H groups in total. The van der Waals surface area contributed by atoms with Gasteiger partial charge in [0, 0.05) is 12.7 Å². The van der Waals surface area contributed by atoms with Gasteiger partial charge in [0.15, 0.2) is 5.54 Å². The molecule has 4 heterocycles. The van der Waals surface area contributed by atoms with Crippen LogP contribution >= 0.6 is 11.6 Å². The number of benzene rings is 1. The molecule has 1 spiro atoms. The number of anilines is 2. The van der Waals surface area contributed by atoms with Crippen molar-refractivity contribution in [2.75, 3.05) is 29.4 Å². The molecule has 2 amide bonds. The quantitative estimate of drug-likeness (QED) is 0.569. The lowest BCUT2D eigenvalue weighted by Crippen LogP contribution is -2.81. The lowest BCUT2D eigenvalue weighted by molar-refractivity contribution is -0.153. The van der Waals surface area contributed by atoms with E-state index in [2.05, 4.69) is 9.97 Å². The highest BCUT2D eigenvalue weighted by Gasteiger charge is 2.60. The van der Waals surface area contributed by atoms with Crippen LogP contribution in [0.25, 0.3) is 0 Å². The minimum atomic E-state index is -1.17. The number of hydrogen-bond acceptors (Lipinski definition) is 5. The van der Waals surface area contributed by atoms with Crippen LogP contribution in [-0.2, 0) is 16.1 Å². The first kappa shape index (κ1) is 22.2. The predicted molar refractivity (Wildman–Crippen MR) is 122 cm³/mol. The molecule has 2 aliphatic heterocycles. The molecule has 5 rings (SSSR count). The molecule has 2 aromatic heterocycles. The highest BCUT2D eigenvalue weighted by Crippen LogP contribution is 2.38. The second kappa shape index (κ2) is 8.32. The van der Waals surface area contributed by atoms with E-state index in [4.69, 9.17) is 11.6 Å². The number of halogens is 3. The molecule has 7 nitrogen and oxygen atoms in total. The first-order valence-corrected chi connectivity index (χ1v) is 11.0. The highest BCUT2D eigenvalue weighted by atomic mass is 35.5. The van der Waals surface area contributed by atoms with E-state index in [0.717, 1.165) is 6.20 Å². The van der Waals surface area contributed by atoms with Crippen molar-refractivity contribution in [3.05, 3.63) is 82.6 Å². The van der Waals surface area contributed by atoms with Gasteiger partial charge in [-0.1, -0.05) is 23.7 Å². The van der Waals surface area contributed by atoms with Crippen molar-refractivity contribution in [3.63, 3.8) is 0 Å². The molecule has 0 radical (unpaired) electrons. The monoisotopic (exact) mass is 483 g/mol. The molecule has 3 aromatic rings. The molecule has 174 valence electrons. The van der Waals surface area contributed by atoms with Crippen LogP contribution in [0, 0.1) is 18.6 Å². The smallest absolute Gasteiger partial charge is 0.258 e. The van der Waals surface area contributed by atoms with Crippen LogP contribution in [-0.4, -0.2) is 51.9 Å². The van der Waals surface area contributed by atoms with E-state index in [1.165, 1.54) is 35.4 Å². The Morgan fingerprint density at radius 2 is 1.71 bits per heavy atom. The van der Waals surface area contributed by atoms with E-state index in [1.807, 2.05) is 4.90 Å². The summed E-state index contributed by atoms with van der Waals surface area (Å²) in [6.07, 6.45) is 2.55. The summed E-state index contributed by atoms with van der Waals surface area (Å²) in [6.45, 7) is 2.11. The van der Waals surface area contributed by atoms with Gasteiger partial charge in [-0.2, -0.15) is 0 Å². The van der Waals surface area contributed by atoms with Gasteiger partial charge in [0.2, 0.25) is 5.91 Å². The van der Waals surface area contributed by atoms with E-state index >= 15 is 0 Å². The van der Waals surface area contributed by atoms with Crippen molar-refractivity contribution in [1.82, 2.24) is 14.9 Å². The van der Waals surface area contributed by atoms with E-state index < -0.39 is 11.4 Å². The maximum Gasteiger partial charge on any atom is 0.258 e. The second-order valence-electron chi connectivity index (χ2n) is 8.51. The summed E-state index contributed by atoms with van der Waals surface area (Å²) in [4.78, 5) is 40.4. The fourth-order valence-corrected chi connectivity index (χ4v) is 4.72. The molecule has 34 heavy (non-hydrogen) atoms. The minimum Gasteiger partial charge on any atom is -0.351 e. The molecule has 2 saturated heterocycles. The van der Waals surface area contributed by atoms with Crippen LogP contribution < -0.4 is 9.80 Å². The number of pyridine rings is 2. The molecular weight excluding hydrogens is 464 g/mol. The van der Waals surface area contributed by atoms with Crippen LogP contribution in [0.4, 0.5) is 20.4 Å². The number of hydrogen-bond donors (Lipinski definition) is 0. The topological polar surface area (TPSA) is 69.6 Å².